The fraction of sp³-hybridized carbons (Fsp3) is 0.500. The monoisotopic (exact) mass is 302 g/mol. The maximum Gasteiger partial charge on any atom is 0.416 e. The molecule has 0 saturated heterocycles. The third-order valence-corrected chi connectivity index (χ3v) is 3.85. The number of nitrogens with zero attached hydrogens (tertiary/aromatic N) is 1. The van der Waals surface area contributed by atoms with Crippen LogP contribution >= 0.6 is 11.3 Å². The number of halogens is 3. The smallest absolute Gasteiger partial charge is 0.312 e. The number of rotatable bonds is 3. The van der Waals surface area contributed by atoms with Crippen LogP contribution in [0.25, 0.3) is 10.2 Å². The molecule has 1 heterocycles. The van der Waals surface area contributed by atoms with E-state index in [1.54, 1.807) is 0 Å². The number of alkyl halides is 3. The van der Waals surface area contributed by atoms with E-state index in [0.717, 1.165) is 34.8 Å². The van der Waals surface area contributed by atoms with E-state index >= 15 is 0 Å². The summed E-state index contributed by atoms with van der Waals surface area (Å²) in [5.41, 5.74) is -0.189. The Hall–Kier alpha value is -1.14. The zero-order valence-corrected chi connectivity index (χ0v) is 12.5. The van der Waals surface area contributed by atoms with Crippen molar-refractivity contribution >= 4 is 21.6 Å². The predicted octanol–water partition coefficient (Wildman–Crippen LogP) is 4.25. The number of thiazole rings is 1. The molecule has 2 nitrogen and oxygen atoms in total. The summed E-state index contributed by atoms with van der Waals surface area (Å²) in [5.74, 6) is 0. The zero-order valence-electron chi connectivity index (χ0n) is 11.6. The van der Waals surface area contributed by atoms with Crippen molar-refractivity contribution in [2.75, 3.05) is 6.54 Å². The summed E-state index contributed by atoms with van der Waals surface area (Å²) in [4.78, 5) is 4.28. The minimum absolute atomic E-state index is 0.0279. The van der Waals surface area contributed by atoms with Gasteiger partial charge in [-0.05, 0) is 39.0 Å². The van der Waals surface area contributed by atoms with Crippen LogP contribution in [0.5, 0.6) is 0 Å². The highest BCUT2D eigenvalue weighted by atomic mass is 32.1. The molecule has 0 radical (unpaired) electrons. The first-order valence-corrected chi connectivity index (χ1v) is 7.18. The molecule has 1 aromatic carbocycles. The lowest BCUT2D eigenvalue weighted by molar-refractivity contribution is -0.137. The van der Waals surface area contributed by atoms with E-state index in [4.69, 9.17) is 0 Å². The van der Waals surface area contributed by atoms with E-state index in [1.165, 1.54) is 17.4 Å². The van der Waals surface area contributed by atoms with E-state index in [9.17, 15) is 13.2 Å². The summed E-state index contributed by atoms with van der Waals surface area (Å²) in [6.45, 7) is 6.97. The van der Waals surface area contributed by atoms with Gasteiger partial charge in [-0.25, -0.2) is 4.98 Å². The molecule has 0 amide bonds. The molecule has 6 heteroatoms. The van der Waals surface area contributed by atoms with Crippen LogP contribution in [-0.2, 0) is 12.6 Å². The molecular weight excluding hydrogens is 285 g/mol. The van der Waals surface area contributed by atoms with Crippen molar-refractivity contribution in [3.05, 3.63) is 28.8 Å². The molecular formula is C14H17F3N2S. The number of benzene rings is 1. The zero-order chi connectivity index (χ0) is 15.0. The fourth-order valence-corrected chi connectivity index (χ4v) is 2.75. The van der Waals surface area contributed by atoms with Gasteiger partial charge in [0.1, 0.15) is 0 Å². The standard InChI is InChI=1S/C14H17F3N2S/c1-13(2,3)18-7-6-12-19-10-8-9(14(15,16)17)4-5-11(10)20-12/h4-5,8,18H,6-7H2,1-3H3. The van der Waals surface area contributed by atoms with Crippen LogP contribution in [-0.4, -0.2) is 17.1 Å². The summed E-state index contributed by atoms with van der Waals surface area (Å²) in [7, 11) is 0. The SMILES string of the molecule is CC(C)(C)NCCc1nc2cc(C(F)(F)F)ccc2s1. The maximum atomic E-state index is 12.6. The van der Waals surface area contributed by atoms with Gasteiger partial charge in [0.2, 0.25) is 0 Å². The van der Waals surface area contributed by atoms with Crippen molar-refractivity contribution < 1.29 is 13.2 Å². The lowest BCUT2D eigenvalue weighted by Crippen LogP contribution is -2.37. The van der Waals surface area contributed by atoms with Gasteiger partial charge in [-0.2, -0.15) is 13.2 Å². The van der Waals surface area contributed by atoms with E-state index in [2.05, 4.69) is 31.1 Å². The predicted molar refractivity (Wildman–Crippen MR) is 76.1 cm³/mol. The Morgan fingerprint density at radius 2 is 1.90 bits per heavy atom. The second-order valence-electron chi connectivity index (χ2n) is 5.71. The van der Waals surface area contributed by atoms with Crippen LogP contribution in [0.4, 0.5) is 13.2 Å². The molecule has 0 spiro atoms. The van der Waals surface area contributed by atoms with Gasteiger partial charge >= 0.3 is 6.18 Å². The summed E-state index contributed by atoms with van der Waals surface area (Å²) in [5, 5.41) is 4.19. The number of nitrogens with one attached hydrogen (secondary N) is 1. The van der Waals surface area contributed by atoms with Gasteiger partial charge in [0.05, 0.1) is 20.8 Å². The highest BCUT2D eigenvalue weighted by Gasteiger charge is 2.30. The van der Waals surface area contributed by atoms with Crippen molar-refractivity contribution in [2.45, 2.75) is 38.9 Å². The first-order valence-electron chi connectivity index (χ1n) is 6.37. The van der Waals surface area contributed by atoms with E-state index in [-0.39, 0.29) is 5.54 Å². The van der Waals surface area contributed by atoms with Crippen LogP contribution < -0.4 is 5.32 Å². The molecule has 0 aliphatic heterocycles. The lowest BCUT2D eigenvalue weighted by atomic mass is 10.1. The molecule has 0 fully saturated rings. The summed E-state index contributed by atoms with van der Waals surface area (Å²) in [6, 6.07) is 3.72. The molecule has 0 saturated carbocycles. The molecule has 1 aromatic heterocycles. The van der Waals surface area contributed by atoms with E-state index < -0.39 is 11.7 Å². The highest BCUT2D eigenvalue weighted by Crippen LogP contribution is 2.32. The van der Waals surface area contributed by atoms with Crippen LogP contribution in [0.15, 0.2) is 18.2 Å². The van der Waals surface area contributed by atoms with Crippen LogP contribution in [0.3, 0.4) is 0 Å². The third kappa shape index (κ3) is 3.93. The summed E-state index contributed by atoms with van der Waals surface area (Å²) < 4.78 is 38.7. The molecule has 20 heavy (non-hydrogen) atoms. The Bertz CT molecular complexity index is 596. The van der Waals surface area contributed by atoms with Crippen molar-refractivity contribution in [3.8, 4) is 0 Å². The minimum Gasteiger partial charge on any atom is -0.312 e. The number of hydrogen-bond acceptors (Lipinski definition) is 3. The van der Waals surface area contributed by atoms with Crippen molar-refractivity contribution in [2.24, 2.45) is 0 Å². The molecule has 2 rings (SSSR count). The molecule has 0 aliphatic carbocycles. The maximum absolute atomic E-state index is 12.6. The van der Waals surface area contributed by atoms with Crippen molar-refractivity contribution in [1.29, 1.82) is 0 Å². The second kappa shape index (κ2) is 5.33. The topological polar surface area (TPSA) is 24.9 Å². The second-order valence-corrected chi connectivity index (χ2v) is 6.83. The third-order valence-electron chi connectivity index (χ3n) is 2.75. The van der Waals surface area contributed by atoms with Crippen LogP contribution in [0.2, 0.25) is 0 Å². The van der Waals surface area contributed by atoms with Gasteiger partial charge in [-0.3, -0.25) is 0 Å². The molecule has 0 unspecified atom stereocenters. The van der Waals surface area contributed by atoms with Gasteiger partial charge in [-0.1, -0.05) is 0 Å². The Morgan fingerprint density at radius 3 is 2.50 bits per heavy atom. The Balaban J connectivity index is 2.13. The van der Waals surface area contributed by atoms with Crippen LogP contribution in [0, 0.1) is 0 Å². The van der Waals surface area contributed by atoms with Gasteiger partial charge in [0.15, 0.2) is 0 Å². The van der Waals surface area contributed by atoms with Gasteiger partial charge in [-0.15, -0.1) is 11.3 Å². The van der Waals surface area contributed by atoms with Gasteiger partial charge in [0, 0.05) is 18.5 Å². The Labute approximate surface area is 120 Å². The Kier molecular flexibility index (Phi) is 4.07. The molecule has 110 valence electrons. The number of fused-ring (bicyclic) bond motifs is 1. The average molecular weight is 302 g/mol. The minimum atomic E-state index is -4.31. The summed E-state index contributed by atoms with van der Waals surface area (Å²) in [6.07, 6.45) is -3.59. The normalized spacial score (nSPS) is 13.1. The molecule has 0 atom stereocenters. The quantitative estimate of drug-likeness (QED) is 0.917. The van der Waals surface area contributed by atoms with Gasteiger partial charge in [0.25, 0.3) is 0 Å². The van der Waals surface area contributed by atoms with Crippen molar-refractivity contribution in [3.63, 3.8) is 0 Å². The molecule has 2 aromatic rings. The first kappa shape index (κ1) is 15.3. The largest absolute Gasteiger partial charge is 0.416 e. The first-order chi connectivity index (χ1) is 9.15. The van der Waals surface area contributed by atoms with Crippen molar-refractivity contribution in [1.82, 2.24) is 10.3 Å². The molecule has 0 aliphatic rings. The van der Waals surface area contributed by atoms with Crippen LogP contribution in [0.1, 0.15) is 31.3 Å². The summed E-state index contributed by atoms with van der Waals surface area (Å²) >= 11 is 1.45. The molecule has 0 bridgehead atoms. The molecule has 1 N–H and O–H groups in total. The van der Waals surface area contributed by atoms with E-state index in [1.807, 2.05) is 0 Å². The fourth-order valence-electron chi connectivity index (χ4n) is 1.80. The van der Waals surface area contributed by atoms with E-state index in [0.29, 0.717) is 5.52 Å². The van der Waals surface area contributed by atoms with Gasteiger partial charge < -0.3 is 5.32 Å². The average Bonchev–Trinajstić information content (AvgIpc) is 2.67. The number of aromatic nitrogens is 1. The highest BCUT2D eigenvalue weighted by molar-refractivity contribution is 7.18. The lowest BCUT2D eigenvalue weighted by Gasteiger charge is -2.19. The number of hydrogen-bond donors (Lipinski definition) is 1. The Morgan fingerprint density at radius 1 is 1.20 bits per heavy atom.